The fourth-order valence-electron chi connectivity index (χ4n) is 2.90. The SMILES string of the molecule is CC(NC(=O)CC(N)c1ccccc1)c1ccc(OCC(=O)NC2CC2)cc1.Cl. The zero-order valence-corrected chi connectivity index (χ0v) is 17.3. The second-order valence-corrected chi connectivity index (χ2v) is 7.21. The standard InChI is InChI=1S/C22H27N3O3.ClH/c1-15(24-21(26)13-20(23)17-5-3-2-4-6-17)16-7-11-19(12-8-16)28-14-22(27)25-18-9-10-18;/h2-8,11-12,15,18,20H,9-10,13-14,23H2,1H3,(H,24,26)(H,25,27);1H. The van der Waals surface area contributed by atoms with Crippen LogP contribution in [0.3, 0.4) is 0 Å². The highest BCUT2D eigenvalue weighted by atomic mass is 35.5. The molecule has 1 aliphatic rings. The molecular formula is C22H28ClN3O3. The number of carbonyl (C=O) groups is 2. The number of carbonyl (C=O) groups excluding carboxylic acids is 2. The van der Waals surface area contributed by atoms with E-state index in [1.54, 1.807) is 12.1 Å². The summed E-state index contributed by atoms with van der Waals surface area (Å²) in [5.74, 6) is 0.433. The number of benzene rings is 2. The van der Waals surface area contributed by atoms with Crippen molar-refractivity contribution in [1.29, 1.82) is 0 Å². The maximum absolute atomic E-state index is 12.3. The Hall–Kier alpha value is -2.57. The summed E-state index contributed by atoms with van der Waals surface area (Å²) >= 11 is 0. The Labute approximate surface area is 177 Å². The average molecular weight is 418 g/mol. The van der Waals surface area contributed by atoms with E-state index in [1.165, 1.54) is 0 Å². The highest BCUT2D eigenvalue weighted by molar-refractivity contribution is 5.85. The molecule has 0 spiro atoms. The van der Waals surface area contributed by atoms with Gasteiger partial charge in [0.05, 0.1) is 6.04 Å². The summed E-state index contributed by atoms with van der Waals surface area (Å²) in [5.41, 5.74) is 8.01. The van der Waals surface area contributed by atoms with Crippen molar-refractivity contribution in [2.45, 2.75) is 44.3 Å². The minimum atomic E-state index is -0.328. The van der Waals surface area contributed by atoms with Crippen LogP contribution in [0.15, 0.2) is 54.6 Å². The van der Waals surface area contributed by atoms with Crippen LogP contribution in [-0.2, 0) is 9.59 Å². The second kappa shape index (κ2) is 10.8. The Morgan fingerprint density at radius 1 is 1.03 bits per heavy atom. The van der Waals surface area contributed by atoms with E-state index in [0.29, 0.717) is 11.8 Å². The van der Waals surface area contributed by atoms with Crippen LogP contribution in [0.25, 0.3) is 0 Å². The van der Waals surface area contributed by atoms with Gasteiger partial charge in [-0.05, 0) is 43.0 Å². The molecule has 2 aromatic rings. The van der Waals surface area contributed by atoms with Crippen LogP contribution < -0.4 is 21.1 Å². The van der Waals surface area contributed by atoms with Gasteiger partial charge < -0.3 is 21.1 Å². The third kappa shape index (κ3) is 7.40. The van der Waals surface area contributed by atoms with E-state index in [1.807, 2.05) is 49.4 Å². The van der Waals surface area contributed by atoms with E-state index in [2.05, 4.69) is 10.6 Å². The topological polar surface area (TPSA) is 93.5 Å². The van der Waals surface area contributed by atoms with E-state index in [4.69, 9.17) is 10.5 Å². The van der Waals surface area contributed by atoms with Crippen molar-refractivity contribution in [1.82, 2.24) is 10.6 Å². The lowest BCUT2D eigenvalue weighted by Gasteiger charge is -2.17. The van der Waals surface area contributed by atoms with E-state index in [-0.39, 0.29) is 49.3 Å². The predicted octanol–water partition coefficient (Wildman–Crippen LogP) is 3.03. The number of rotatable bonds is 9. The Bertz CT molecular complexity index is 795. The van der Waals surface area contributed by atoms with Crippen LogP contribution in [-0.4, -0.2) is 24.5 Å². The zero-order valence-electron chi connectivity index (χ0n) is 16.5. The predicted molar refractivity (Wildman–Crippen MR) is 115 cm³/mol. The van der Waals surface area contributed by atoms with Gasteiger partial charge in [0.15, 0.2) is 6.61 Å². The lowest BCUT2D eigenvalue weighted by Crippen LogP contribution is -2.30. The first-order chi connectivity index (χ1) is 13.5. The largest absolute Gasteiger partial charge is 0.484 e. The summed E-state index contributed by atoms with van der Waals surface area (Å²) < 4.78 is 5.50. The van der Waals surface area contributed by atoms with Gasteiger partial charge in [0.25, 0.3) is 5.91 Å². The Morgan fingerprint density at radius 2 is 1.69 bits per heavy atom. The van der Waals surface area contributed by atoms with Gasteiger partial charge in [0.1, 0.15) is 5.75 Å². The van der Waals surface area contributed by atoms with Gasteiger partial charge in [0.2, 0.25) is 5.91 Å². The molecule has 156 valence electrons. The Morgan fingerprint density at radius 3 is 2.31 bits per heavy atom. The maximum atomic E-state index is 12.3. The number of hydrogen-bond donors (Lipinski definition) is 3. The monoisotopic (exact) mass is 417 g/mol. The van der Waals surface area contributed by atoms with Crippen LogP contribution in [0, 0.1) is 0 Å². The molecule has 6 nitrogen and oxygen atoms in total. The van der Waals surface area contributed by atoms with Crippen molar-refractivity contribution < 1.29 is 14.3 Å². The smallest absolute Gasteiger partial charge is 0.258 e. The second-order valence-electron chi connectivity index (χ2n) is 7.21. The van der Waals surface area contributed by atoms with Crippen LogP contribution in [0.4, 0.5) is 0 Å². The molecule has 1 fully saturated rings. The minimum absolute atomic E-state index is 0. The molecule has 2 amide bonds. The van der Waals surface area contributed by atoms with Crippen molar-refractivity contribution in [2.24, 2.45) is 5.73 Å². The van der Waals surface area contributed by atoms with Gasteiger partial charge >= 0.3 is 0 Å². The number of halogens is 1. The molecule has 3 rings (SSSR count). The van der Waals surface area contributed by atoms with E-state index in [0.717, 1.165) is 24.0 Å². The van der Waals surface area contributed by atoms with Crippen molar-refractivity contribution in [3.8, 4) is 5.75 Å². The van der Waals surface area contributed by atoms with Crippen LogP contribution in [0.5, 0.6) is 5.75 Å². The van der Waals surface area contributed by atoms with E-state index in [9.17, 15) is 9.59 Å². The molecular weight excluding hydrogens is 390 g/mol. The van der Waals surface area contributed by atoms with Crippen molar-refractivity contribution in [3.05, 3.63) is 65.7 Å². The highest BCUT2D eigenvalue weighted by Gasteiger charge is 2.23. The molecule has 1 saturated carbocycles. The molecule has 1 aliphatic carbocycles. The number of nitrogens with one attached hydrogen (secondary N) is 2. The molecule has 0 radical (unpaired) electrons. The Balaban J connectivity index is 0.00000300. The van der Waals surface area contributed by atoms with Gasteiger partial charge in [-0.15, -0.1) is 12.4 Å². The lowest BCUT2D eigenvalue weighted by molar-refractivity contribution is -0.123. The quantitative estimate of drug-likeness (QED) is 0.584. The fraction of sp³-hybridized carbons (Fsp3) is 0.364. The highest BCUT2D eigenvalue weighted by Crippen LogP contribution is 2.20. The number of hydrogen-bond acceptors (Lipinski definition) is 4. The normalized spacial score (nSPS) is 14.8. The van der Waals surface area contributed by atoms with Gasteiger partial charge in [-0.3, -0.25) is 9.59 Å². The van der Waals surface area contributed by atoms with Gasteiger partial charge in [-0.2, -0.15) is 0 Å². The molecule has 0 aliphatic heterocycles. The minimum Gasteiger partial charge on any atom is -0.484 e. The van der Waals surface area contributed by atoms with E-state index >= 15 is 0 Å². The summed E-state index contributed by atoms with van der Waals surface area (Å²) in [5, 5.41) is 5.85. The number of ether oxygens (including phenoxy) is 1. The third-order valence-electron chi connectivity index (χ3n) is 4.70. The first-order valence-corrected chi connectivity index (χ1v) is 9.63. The molecule has 29 heavy (non-hydrogen) atoms. The molecule has 0 aromatic heterocycles. The number of nitrogens with two attached hydrogens (primary N) is 1. The summed E-state index contributed by atoms with van der Waals surface area (Å²) in [6, 6.07) is 16.8. The molecule has 2 unspecified atom stereocenters. The summed E-state index contributed by atoms with van der Waals surface area (Å²) in [4.78, 5) is 23.9. The van der Waals surface area contributed by atoms with Crippen molar-refractivity contribution in [2.75, 3.05) is 6.61 Å². The van der Waals surface area contributed by atoms with Crippen LogP contribution >= 0.6 is 12.4 Å². The Kier molecular flexibility index (Phi) is 8.49. The van der Waals surface area contributed by atoms with Crippen molar-refractivity contribution in [3.63, 3.8) is 0 Å². The van der Waals surface area contributed by atoms with Crippen LogP contribution in [0.1, 0.15) is 49.4 Å². The fourth-order valence-corrected chi connectivity index (χ4v) is 2.90. The van der Waals surface area contributed by atoms with Crippen molar-refractivity contribution >= 4 is 24.2 Å². The maximum Gasteiger partial charge on any atom is 0.258 e. The number of amides is 2. The van der Waals surface area contributed by atoms with Gasteiger partial charge in [0, 0.05) is 18.5 Å². The van der Waals surface area contributed by atoms with Crippen LogP contribution in [0.2, 0.25) is 0 Å². The van der Waals surface area contributed by atoms with Gasteiger partial charge in [-0.25, -0.2) is 0 Å². The first kappa shape index (κ1) is 22.7. The molecule has 7 heteroatoms. The molecule has 4 N–H and O–H groups in total. The third-order valence-corrected chi connectivity index (χ3v) is 4.70. The molecule has 0 bridgehead atoms. The molecule has 2 atom stereocenters. The lowest BCUT2D eigenvalue weighted by atomic mass is 10.0. The first-order valence-electron chi connectivity index (χ1n) is 9.63. The molecule has 0 saturated heterocycles. The van der Waals surface area contributed by atoms with E-state index < -0.39 is 0 Å². The summed E-state index contributed by atoms with van der Waals surface area (Å²) in [6.07, 6.45) is 2.34. The zero-order chi connectivity index (χ0) is 19.9. The molecule has 0 heterocycles. The summed E-state index contributed by atoms with van der Waals surface area (Å²) in [7, 11) is 0. The average Bonchev–Trinajstić information content (AvgIpc) is 3.51. The molecule has 2 aromatic carbocycles. The summed E-state index contributed by atoms with van der Waals surface area (Å²) in [6.45, 7) is 1.93. The van der Waals surface area contributed by atoms with Gasteiger partial charge in [-0.1, -0.05) is 42.5 Å².